The van der Waals surface area contributed by atoms with Crippen LogP contribution in [0.2, 0.25) is 0 Å². The Bertz CT molecular complexity index is 490. The first kappa shape index (κ1) is 16.7. The zero-order valence-electron chi connectivity index (χ0n) is 12.3. The van der Waals surface area contributed by atoms with Gasteiger partial charge in [-0.2, -0.15) is 0 Å². The molecule has 0 saturated heterocycles. The van der Waals surface area contributed by atoms with Gasteiger partial charge in [-0.1, -0.05) is 13.0 Å². The Morgan fingerprint density at radius 1 is 1.38 bits per heavy atom. The van der Waals surface area contributed by atoms with E-state index in [9.17, 15) is 14.9 Å². The minimum atomic E-state index is -0.488. The standard InChI is InChI=1S/C14H20N2O5/c1-3-10-21-12-7-5-6-11(14(12)16(18)19)15-9-8-13(17)20-4-2/h5-7,15H,3-4,8-10H2,1-2H3. The Morgan fingerprint density at radius 2 is 2.14 bits per heavy atom. The summed E-state index contributed by atoms with van der Waals surface area (Å²) in [6.07, 6.45) is 0.905. The molecule has 0 aliphatic heterocycles. The fourth-order valence-electron chi connectivity index (χ4n) is 1.71. The van der Waals surface area contributed by atoms with Crippen LogP contribution < -0.4 is 10.1 Å². The van der Waals surface area contributed by atoms with E-state index >= 15 is 0 Å². The lowest BCUT2D eigenvalue weighted by atomic mass is 10.2. The molecule has 1 aromatic rings. The molecule has 0 unspecified atom stereocenters. The fourth-order valence-corrected chi connectivity index (χ4v) is 1.71. The molecule has 0 fully saturated rings. The van der Waals surface area contributed by atoms with Crippen molar-refractivity contribution in [2.24, 2.45) is 0 Å². The largest absolute Gasteiger partial charge is 0.487 e. The molecule has 0 aromatic heterocycles. The van der Waals surface area contributed by atoms with Crippen LogP contribution in [-0.2, 0) is 9.53 Å². The minimum absolute atomic E-state index is 0.116. The molecule has 0 saturated carbocycles. The van der Waals surface area contributed by atoms with Crippen molar-refractivity contribution in [3.8, 4) is 5.75 Å². The van der Waals surface area contributed by atoms with Crippen LogP contribution in [0.15, 0.2) is 18.2 Å². The molecule has 0 radical (unpaired) electrons. The number of carbonyl (C=O) groups excluding carboxylic acids is 1. The molecule has 0 amide bonds. The number of nitrogens with one attached hydrogen (secondary N) is 1. The van der Waals surface area contributed by atoms with Crippen LogP contribution in [0.1, 0.15) is 26.7 Å². The fraction of sp³-hybridized carbons (Fsp3) is 0.500. The molecule has 0 heterocycles. The van der Waals surface area contributed by atoms with E-state index in [0.29, 0.717) is 18.9 Å². The number of anilines is 1. The van der Waals surface area contributed by atoms with Crippen molar-refractivity contribution in [2.45, 2.75) is 26.7 Å². The van der Waals surface area contributed by atoms with Gasteiger partial charge in [0.05, 0.1) is 24.6 Å². The number of hydrogen-bond acceptors (Lipinski definition) is 6. The Hall–Kier alpha value is -2.31. The number of esters is 1. The average molecular weight is 296 g/mol. The second-order valence-electron chi connectivity index (χ2n) is 4.24. The van der Waals surface area contributed by atoms with Gasteiger partial charge in [0.2, 0.25) is 0 Å². The van der Waals surface area contributed by atoms with Crippen molar-refractivity contribution in [1.29, 1.82) is 0 Å². The van der Waals surface area contributed by atoms with E-state index in [-0.39, 0.29) is 30.4 Å². The summed E-state index contributed by atoms with van der Waals surface area (Å²) in [4.78, 5) is 22.0. The summed E-state index contributed by atoms with van der Waals surface area (Å²) in [5.41, 5.74) is 0.215. The third kappa shape index (κ3) is 5.29. The van der Waals surface area contributed by atoms with E-state index in [4.69, 9.17) is 9.47 Å². The predicted molar refractivity (Wildman–Crippen MR) is 78.6 cm³/mol. The van der Waals surface area contributed by atoms with Gasteiger partial charge in [-0.3, -0.25) is 14.9 Å². The van der Waals surface area contributed by atoms with Crippen LogP contribution >= 0.6 is 0 Å². The highest BCUT2D eigenvalue weighted by molar-refractivity contribution is 5.72. The van der Waals surface area contributed by atoms with E-state index < -0.39 is 4.92 Å². The van der Waals surface area contributed by atoms with Gasteiger partial charge in [-0.05, 0) is 25.5 Å². The monoisotopic (exact) mass is 296 g/mol. The van der Waals surface area contributed by atoms with Gasteiger partial charge in [0.25, 0.3) is 0 Å². The summed E-state index contributed by atoms with van der Waals surface area (Å²) >= 11 is 0. The number of nitro benzene ring substituents is 1. The summed E-state index contributed by atoms with van der Waals surface area (Å²) < 4.78 is 10.2. The summed E-state index contributed by atoms with van der Waals surface area (Å²) in [5.74, 6) is -0.117. The second kappa shape index (κ2) is 8.78. The number of para-hydroxylation sites is 1. The zero-order chi connectivity index (χ0) is 15.7. The maximum atomic E-state index is 11.2. The van der Waals surface area contributed by atoms with Crippen molar-refractivity contribution < 1.29 is 19.2 Å². The van der Waals surface area contributed by atoms with E-state index in [1.165, 1.54) is 0 Å². The van der Waals surface area contributed by atoms with Gasteiger partial charge in [-0.25, -0.2) is 0 Å². The molecule has 116 valence electrons. The Balaban J connectivity index is 2.76. The lowest BCUT2D eigenvalue weighted by Crippen LogP contribution is -2.12. The third-order valence-electron chi connectivity index (χ3n) is 2.59. The summed E-state index contributed by atoms with van der Waals surface area (Å²) in [7, 11) is 0. The van der Waals surface area contributed by atoms with Crippen LogP contribution in [0.25, 0.3) is 0 Å². The zero-order valence-corrected chi connectivity index (χ0v) is 12.3. The Labute approximate surface area is 123 Å². The number of benzene rings is 1. The quantitative estimate of drug-likeness (QED) is 0.428. The molecule has 1 rings (SSSR count). The smallest absolute Gasteiger partial charge is 0.333 e. The summed E-state index contributed by atoms with van der Waals surface area (Å²) in [6, 6.07) is 4.82. The van der Waals surface area contributed by atoms with Crippen LogP contribution in [-0.4, -0.2) is 30.7 Å². The van der Waals surface area contributed by atoms with E-state index in [1.54, 1.807) is 25.1 Å². The van der Waals surface area contributed by atoms with Crippen LogP contribution in [0.3, 0.4) is 0 Å². The van der Waals surface area contributed by atoms with Gasteiger partial charge in [0.1, 0.15) is 5.69 Å². The van der Waals surface area contributed by atoms with Gasteiger partial charge >= 0.3 is 11.7 Å². The SMILES string of the molecule is CCCOc1cccc(NCCC(=O)OCC)c1[N+](=O)[O-]. The Kier molecular flexibility index (Phi) is 7.00. The van der Waals surface area contributed by atoms with Crippen molar-refractivity contribution in [3.63, 3.8) is 0 Å². The Morgan fingerprint density at radius 3 is 2.76 bits per heavy atom. The summed E-state index contributed by atoms with van der Waals surface area (Å²) in [6.45, 7) is 4.64. The predicted octanol–water partition coefficient (Wildman–Crippen LogP) is 2.75. The normalized spacial score (nSPS) is 10.0. The molecule has 7 nitrogen and oxygen atoms in total. The van der Waals surface area contributed by atoms with Gasteiger partial charge in [-0.15, -0.1) is 0 Å². The van der Waals surface area contributed by atoms with Gasteiger partial charge in [0, 0.05) is 6.54 Å². The van der Waals surface area contributed by atoms with Crippen molar-refractivity contribution >= 4 is 17.3 Å². The highest BCUT2D eigenvalue weighted by atomic mass is 16.6. The highest BCUT2D eigenvalue weighted by Gasteiger charge is 2.20. The summed E-state index contributed by atoms with van der Waals surface area (Å²) in [5, 5.41) is 14.1. The van der Waals surface area contributed by atoms with Crippen molar-refractivity contribution in [2.75, 3.05) is 25.1 Å². The first-order chi connectivity index (χ1) is 10.1. The molecule has 0 aliphatic carbocycles. The number of ether oxygens (including phenoxy) is 2. The maximum Gasteiger partial charge on any atom is 0.333 e. The molecule has 1 aromatic carbocycles. The lowest BCUT2D eigenvalue weighted by Gasteiger charge is -2.10. The lowest BCUT2D eigenvalue weighted by molar-refractivity contribution is -0.385. The van der Waals surface area contributed by atoms with Gasteiger partial charge in [0.15, 0.2) is 5.75 Å². The van der Waals surface area contributed by atoms with Crippen molar-refractivity contribution in [1.82, 2.24) is 0 Å². The molecule has 0 spiro atoms. The highest BCUT2D eigenvalue weighted by Crippen LogP contribution is 2.34. The number of nitrogens with zero attached hydrogens (tertiary/aromatic N) is 1. The number of carbonyl (C=O) groups is 1. The van der Waals surface area contributed by atoms with Crippen molar-refractivity contribution in [3.05, 3.63) is 28.3 Å². The third-order valence-corrected chi connectivity index (χ3v) is 2.59. The van der Waals surface area contributed by atoms with Crippen LogP contribution in [0.4, 0.5) is 11.4 Å². The molecular formula is C14H20N2O5. The van der Waals surface area contributed by atoms with E-state index in [2.05, 4.69) is 5.32 Å². The van der Waals surface area contributed by atoms with Crippen LogP contribution in [0, 0.1) is 10.1 Å². The van der Waals surface area contributed by atoms with Gasteiger partial charge < -0.3 is 14.8 Å². The molecule has 1 N–H and O–H groups in total. The molecule has 0 aliphatic rings. The number of hydrogen-bond donors (Lipinski definition) is 1. The average Bonchev–Trinajstić information content (AvgIpc) is 2.45. The topological polar surface area (TPSA) is 90.7 Å². The first-order valence-electron chi connectivity index (χ1n) is 6.89. The van der Waals surface area contributed by atoms with Crippen LogP contribution in [0.5, 0.6) is 5.75 Å². The molecule has 7 heteroatoms. The van der Waals surface area contributed by atoms with E-state index in [1.807, 2.05) is 6.92 Å². The first-order valence-corrected chi connectivity index (χ1v) is 6.89. The molecule has 21 heavy (non-hydrogen) atoms. The number of rotatable bonds is 9. The molecular weight excluding hydrogens is 276 g/mol. The number of nitro groups is 1. The molecule has 0 atom stereocenters. The van der Waals surface area contributed by atoms with E-state index in [0.717, 1.165) is 6.42 Å². The second-order valence-corrected chi connectivity index (χ2v) is 4.24. The minimum Gasteiger partial charge on any atom is -0.487 e. The molecule has 0 bridgehead atoms. The maximum absolute atomic E-state index is 11.2.